The van der Waals surface area contributed by atoms with Crippen LogP contribution in [0, 0.1) is 0 Å². The molecule has 0 aliphatic heterocycles. The van der Waals surface area contributed by atoms with Gasteiger partial charge in [0.05, 0.1) is 33.1 Å². The molecule has 0 N–H and O–H groups in total. The fraction of sp³-hybridized carbons (Fsp3) is 0. The SMILES string of the molecule is c1ccc2c(c1)cc1c3ccccc3n3c4cc5c(cc4c2c13)c1cccc2c3ccccc3n5c21. The van der Waals surface area contributed by atoms with Crippen molar-refractivity contribution in [1.29, 1.82) is 0 Å². The van der Waals surface area contributed by atoms with Gasteiger partial charge in [0.1, 0.15) is 0 Å². The first-order chi connectivity index (χ1) is 17.9. The summed E-state index contributed by atoms with van der Waals surface area (Å²) < 4.78 is 4.99. The van der Waals surface area contributed by atoms with E-state index in [1.165, 1.54) is 87.0 Å². The minimum absolute atomic E-state index is 1.28. The summed E-state index contributed by atoms with van der Waals surface area (Å²) in [7, 11) is 0. The van der Waals surface area contributed by atoms with Crippen LogP contribution in [-0.4, -0.2) is 8.80 Å². The molecule has 0 saturated carbocycles. The average molecular weight is 455 g/mol. The lowest BCUT2D eigenvalue weighted by molar-refractivity contribution is 1.35. The summed E-state index contributed by atoms with van der Waals surface area (Å²) >= 11 is 0. The van der Waals surface area contributed by atoms with Gasteiger partial charge in [-0.25, -0.2) is 0 Å². The van der Waals surface area contributed by atoms with E-state index in [2.05, 4.69) is 118 Å². The summed E-state index contributed by atoms with van der Waals surface area (Å²) in [5, 5.41) is 13.3. The maximum Gasteiger partial charge on any atom is 0.0626 e. The summed E-state index contributed by atoms with van der Waals surface area (Å²) in [6.45, 7) is 0. The second-order valence-corrected chi connectivity index (χ2v) is 10.2. The maximum absolute atomic E-state index is 2.51. The smallest absolute Gasteiger partial charge is 0.0626 e. The molecule has 0 saturated heterocycles. The molecule has 0 amide bonds. The summed E-state index contributed by atoms with van der Waals surface area (Å²) in [5.74, 6) is 0. The minimum atomic E-state index is 1.28. The Morgan fingerprint density at radius 3 is 1.72 bits per heavy atom. The van der Waals surface area contributed by atoms with Crippen LogP contribution in [0.1, 0.15) is 0 Å². The van der Waals surface area contributed by atoms with E-state index in [9.17, 15) is 0 Å². The van der Waals surface area contributed by atoms with Crippen LogP contribution in [0.15, 0.2) is 109 Å². The molecule has 2 heteroatoms. The van der Waals surface area contributed by atoms with Gasteiger partial charge in [-0.3, -0.25) is 0 Å². The molecule has 2 nitrogen and oxygen atoms in total. The first kappa shape index (κ1) is 17.6. The number of fused-ring (bicyclic) bond motifs is 14. The minimum Gasteiger partial charge on any atom is -0.308 e. The third kappa shape index (κ3) is 1.78. The highest BCUT2D eigenvalue weighted by molar-refractivity contribution is 6.33. The second kappa shape index (κ2) is 5.69. The lowest BCUT2D eigenvalue weighted by Crippen LogP contribution is -1.83. The van der Waals surface area contributed by atoms with E-state index in [1.54, 1.807) is 0 Å². The van der Waals surface area contributed by atoms with E-state index in [1.807, 2.05) is 0 Å². The lowest BCUT2D eigenvalue weighted by atomic mass is 9.99. The molecule has 4 aromatic heterocycles. The predicted octanol–water partition coefficient (Wildman–Crippen LogP) is 9.14. The van der Waals surface area contributed by atoms with Crippen molar-refractivity contribution in [3.63, 3.8) is 0 Å². The van der Waals surface area contributed by atoms with Crippen LogP contribution in [0.25, 0.3) is 87.0 Å². The monoisotopic (exact) mass is 454 g/mol. The quantitative estimate of drug-likeness (QED) is 0.216. The zero-order chi connectivity index (χ0) is 23.1. The van der Waals surface area contributed by atoms with Gasteiger partial charge in [-0.05, 0) is 41.1 Å². The highest BCUT2D eigenvalue weighted by Crippen LogP contribution is 2.46. The van der Waals surface area contributed by atoms with Crippen molar-refractivity contribution in [2.24, 2.45) is 0 Å². The summed E-state index contributed by atoms with van der Waals surface area (Å²) in [6, 6.07) is 40.6. The zero-order valence-corrected chi connectivity index (χ0v) is 19.3. The Kier molecular flexibility index (Phi) is 2.78. The molecule has 0 bridgehead atoms. The van der Waals surface area contributed by atoms with Crippen molar-refractivity contribution in [3.05, 3.63) is 109 Å². The molecule has 0 radical (unpaired) electrons. The normalized spacial score (nSPS) is 13.0. The summed E-state index contributed by atoms with van der Waals surface area (Å²) in [4.78, 5) is 0. The van der Waals surface area contributed by atoms with Crippen molar-refractivity contribution in [1.82, 2.24) is 8.80 Å². The Morgan fingerprint density at radius 1 is 0.333 bits per heavy atom. The number of rotatable bonds is 0. The Morgan fingerprint density at radius 2 is 0.917 bits per heavy atom. The van der Waals surface area contributed by atoms with E-state index < -0.39 is 0 Å². The average Bonchev–Trinajstić information content (AvgIpc) is 3.64. The van der Waals surface area contributed by atoms with Gasteiger partial charge >= 0.3 is 0 Å². The number of aromatic nitrogens is 2. The molecule has 6 aromatic carbocycles. The van der Waals surface area contributed by atoms with Gasteiger partial charge in [0.25, 0.3) is 0 Å². The standard InChI is InChI=1S/C34H18N2/c1-2-9-20-19(8-1)16-26-22-11-4-6-15-29(22)36-31-18-30-25(17-27(31)32(20)34(26)36)24-13-7-12-23-21-10-3-5-14-28(21)35(30)33(23)24/h1-18H. The molecular formula is C34H18N2. The number of hydrogen-bond donors (Lipinski definition) is 0. The molecule has 10 aromatic rings. The Bertz CT molecular complexity index is 2520. The van der Waals surface area contributed by atoms with Gasteiger partial charge in [-0.2, -0.15) is 0 Å². The van der Waals surface area contributed by atoms with Crippen molar-refractivity contribution < 1.29 is 0 Å². The first-order valence-electron chi connectivity index (χ1n) is 12.5. The molecule has 0 aliphatic carbocycles. The molecule has 0 fully saturated rings. The van der Waals surface area contributed by atoms with Crippen LogP contribution in [0.3, 0.4) is 0 Å². The van der Waals surface area contributed by atoms with E-state index in [4.69, 9.17) is 0 Å². The van der Waals surface area contributed by atoms with Crippen LogP contribution < -0.4 is 0 Å². The van der Waals surface area contributed by atoms with Crippen LogP contribution in [0.4, 0.5) is 0 Å². The molecule has 164 valence electrons. The number of para-hydroxylation sites is 3. The van der Waals surface area contributed by atoms with E-state index in [0.717, 1.165) is 0 Å². The lowest BCUT2D eigenvalue weighted by Gasteiger charge is -2.03. The molecule has 0 atom stereocenters. The van der Waals surface area contributed by atoms with Crippen molar-refractivity contribution >= 4 is 87.0 Å². The number of benzene rings is 6. The molecule has 10 rings (SSSR count). The predicted molar refractivity (Wildman–Crippen MR) is 153 cm³/mol. The molecule has 0 unspecified atom stereocenters. The number of hydrogen-bond acceptors (Lipinski definition) is 0. The van der Waals surface area contributed by atoms with E-state index >= 15 is 0 Å². The largest absolute Gasteiger partial charge is 0.308 e. The Balaban J connectivity index is 1.58. The Hall–Kier alpha value is -4.82. The summed E-state index contributed by atoms with van der Waals surface area (Å²) in [6.07, 6.45) is 0. The molecule has 0 spiro atoms. The molecular weight excluding hydrogens is 436 g/mol. The van der Waals surface area contributed by atoms with Crippen LogP contribution >= 0.6 is 0 Å². The van der Waals surface area contributed by atoms with Gasteiger partial charge in [-0.15, -0.1) is 0 Å². The van der Waals surface area contributed by atoms with Crippen molar-refractivity contribution in [3.8, 4) is 0 Å². The van der Waals surface area contributed by atoms with Gasteiger partial charge in [0.15, 0.2) is 0 Å². The van der Waals surface area contributed by atoms with Gasteiger partial charge in [0.2, 0.25) is 0 Å². The zero-order valence-electron chi connectivity index (χ0n) is 19.3. The fourth-order valence-corrected chi connectivity index (χ4v) is 7.16. The third-order valence-corrected chi connectivity index (χ3v) is 8.53. The van der Waals surface area contributed by atoms with Gasteiger partial charge < -0.3 is 8.80 Å². The Labute approximate surface area is 204 Å². The van der Waals surface area contributed by atoms with E-state index in [0.29, 0.717) is 0 Å². The third-order valence-electron chi connectivity index (χ3n) is 8.53. The maximum atomic E-state index is 2.51. The second-order valence-electron chi connectivity index (χ2n) is 10.2. The molecule has 4 heterocycles. The molecule has 0 aliphatic rings. The van der Waals surface area contributed by atoms with Gasteiger partial charge in [-0.1, -0.05) is 78.9 Å². The van der Waals surface area contributed by atoms with Gasteiger partial charge in [0, 0.05) is 43.1 Å². The molecule has 36 heavy (non-hydrogen) atoms. The summed E-state index contributed by atoms with van der Waals surface area (Å²) in [5.41, 5.74) is 7.79. The number of nitrogens with zero attached hydrogens (tertiary/aromatic N) is 2. The van der Waals surface area contributed by atoms with Crippen LogP contribution in [0.5, 0.6) is 0 Å². The first-order valence-corrected chi connectivity index (χ1v) is 12.5. The topological polar surface area (TPSA) is 8.82 Å². The highest BCUT2D eigenvalue weighted by atomic mass is 14.9. The van der Waals surface area contributed by atoms with Crippen molar-refractivity contribution in [2.45, 2.75) is 0 Å². The van der Waals surface area contributed by atoms with E-state index in [-0.39, 0.29) is 0 Å². The highest BCUT2D eigenvalue weighted by Gasteiger charge is 2.23. The van der Waals surface area contributed by atoms with Crippen LogP contribution in [0.2, 0.25) is 0 Å². The van der Waals surface area contributed by atoms with Crippen LogP contribution in [-0.2, 0) is 0 Å². The van der Waals surface area contributed by atoms with Crippen molar-refractivity contribution in [2.75, 3.05) is 0 Å². The fourth-order valence-electron chi connectivity index (χ4n) is 7.16.